The van der Waals surface area contributed by atoms with Gasteiger partial charge in [0, 0.05) is 12.6 Å². The molecule has 1 saturated heterocycles. The molecule has 2 N–H and O–H groups in total. The number of carbonyl (C=O) groups is 1. The van der Waals surface area contributed by atoms with Gasteiger partial charge in [0.25, 0.3) is 0 Å². The number of fused-ring (bicyclic) bond motifs is 1. The zero-order chi connectivity index (χ0) is 16.2. The van der Waals surface area contributed by atoms with Gasteiger partial charge in [-0.15, -0.1) is 0 Å². The van der Waals surface area contributed by atoms with Gasteiger partial charge in [-0.25, -0.2) is 0 Å². The summed E-state index contributed by atoms with van der Waals surface area (Å²) in [6.07, 6.45) is 2.08. The van der Waals surface area contributed by atoms with Crippen molar-refractivity contribution >= 4 is 5.91 Å². The highest BCUT2D eigenvalue weighted by molar-refractivity contribution is 5.82. The van der Waals surface area contributed by atoms with Gasteiger partial charge in [-0.3, -0.25) is 9.69 Å². The van der Waals surface area contributed by atoms with Crippen LogP contribution < -0.4 is 10.6 Å². The van der Waals surface area contributed by atoms with Gasteiger partial charge in [-0.1, -0.05) is 12.8 Å². The topological polar surface area (TPSA) is 44.4 Å². The summed E-state index contributed by atoms with van der Waals surface area (Å²) >= 11 is 0. The van der Waals surface area contributed by atoms with Gasteiger partial charge in [-0.05, 0) is 45.2 Å². The van der Waals surface area contributed by atoms with Crippen LogP contribution in [0.3, 0.4) is 0 Å². The number of amides is 1. The Kier molecular flexibility index (Phi) is 6.09. The van der Waals surface area contributed by atoms with Gasteiger partial charge in [0.1, 0.15) is 0 Å². The predicted molar refractivity (Wildman–Crippen MR) is 78.5 cm³/mol. The summed E-state index contributed by atoms with van der Waals surface area (Å²) in [5.41, 5.74) is 0. The molecule has 0 spiro atoms. The lowest BCUT2D eigenvalue weighted by atomic mass is 9.85. The van der Waals surface area contributed by atoms with Crippen molar-refractivity contribution in [3.05, 3.63) is 0 Å². The second kappa shape index (κ2) is 7.64. The third kappa shape index (κ3) is 5.43. The van der Waals surface area contributed by atoms with Crippen molar-refractivity contribution in [2.75, 3.05) is 26.7 Å². The van der Waals surface area contributed by atoms with Gasteiger partial charge in [-0.2, -0.15) is 13.2 Å². The standard InChI is InChI=1S/C15H26F3N3O/c1-21(10-15(16,17)18)8-4-7-19-14(22)13-9-11-5-2-3-6-12(11)20-13/h11-13,20H,2-10H2,1H3,(H,19,22). The van der Waals surface area contributed by atoms with Crippen LogP contribution in [-0.2, 0) is 4.79 Å². The zero-order valence-corrected chi connectivity index (χ0v) is 13.1. The Balaban J connectivity index is 1.60. The summed E-state index contributed by atoms with van der Waals surface area (Å²) in [6, 6.07) is 0.350. The molecule has 3 atom stereocenters. The van der Waals surface area contributed by atoms with E-state index >= 15 is 0 Å². The predicted octanol–water partition coefficient (Wildman–Crippen LogP) is 1.91. The molecule has 3 unspecified atom stereocenters. The van der Waals surface area contributed by atoms with E-state index in [1.54, 1.807) is 0 Å². The quantitative estimate of drug-likeness (QED) is 0.735. The van der Waals surface area contributed by atoms with Gasteiger partial charge in [0.2, 0.25) is 5.91 Å². The van der Waals surface area contributed by atoms with E-state index in [-0.39, 0.29) is 11.9 Å². The van der Waals surface area contributed by atoms with Crippen LogP contribution in [0.2, 0.25) is 0 Å². The molecule has 1 heterocycles. The Morgan fingerprint density at radius 3 is 2.73 bits per heavy atom. The van der Waals surface area contributed by atoms with Crippen molar-refractivity contribution in [2.45, 2.75) is 56.8 Å². The Morgan fingerprint density at radius 1 is 1.32 bits per heavy atom. The molecule has 1 aliphatic heterocycles. The van der Waals surface area contributed by atoms with Crippen molar-refractivity contribution in [2.24, 2.45) is 5.92 Å². The Hall–Kier alpha value is -0.820. The summed E-state index contributed by atoms with van der Waals surface area (Å²) in [5, 5.41) is 6.25. The zero-order valence-electron chi connectivity index (χ0n) is 13.1. The van der Waals surface area contributed by atoms with Crippen LogP contribution in [0.15, 0.2) is 0 Å². The number of rotatable bonds is 6. The molecule has 2 aliphatic rings. The van der Waals surface area contributed by atoms with Crippen LogP contribution in [0.4, 0.5) is 13.2 Å². The molecular formula is C15H26F3N3O. The first-order valence-electron chi connectivity index (χ1n) is 8.14. The Labute approximate surface area is 129 Å². The fourth-order valence-corrected chi connectivity index (χ4v) is 3.59. The second-order valence-corrected chi connectivity index (χ2v) is 6.60. The third-order valence-electron chi connectivity index (χ3n) is 4.64. The van der Waals surface area contributed by atoms with Crippen molar-refractivity contribution in [3.8, 4) is 0 Å². The molecule has 0 radical (unpaired) electrons. The van der Waals surface area contributed by atoms with Crippen LogP contribution in [0, 0.1) is 5.92 Å². The summed E-state index contributed by atoms with van der Waals surface area (Å²) in [4.78, 5) is 13.3. The summed E-state index contributed by atoms with van der Waals surface area (Å²) in [6.45, 7) is -0.161. The number of nitrogens with zero attached hydrogens (tertiary/aromatic N) is 1. The highest BCUT2D eigenvalue weighted by atomic mass is 19.4. The Bertz CT molecular complexity index is 362. The fraction of sp³-hybridized carbons (Fsp3) is 0.933. The number of hydrogen-bond acceptors (Lipinski definition) is 3. The van der Waals surface area contributed by atoms with Gasteiger partial charge < -0.3 is 10.6 Å². The molecule has 0 aromatic carbocycles. The molecule has 1 aliphatic carbocycles. The average Bonchev–Trinajstić information content (AvgIpc) is 2.85. The molecule has 0 aromatic heterocycles. The largest absolute Gasteiger partial charge is 0.401 e. The van der Waals surface area contributed by atoms with Crippen LogP contribution in [0.1, 0.15) is 38.5 Å². The molecule has 1 saturated carbocycles. The minimum Gasteiger partial charge on any atom is -0.355 e. The summed E-state index contributed by atoms with van der Waals surface area (Å²) < 4.78 is 36.5. The first-order valence-corrected chi connectivity index (χ1v) is 8.14. The van der Waals surface area contributed by atoms with E-state index in [2.05, 4.69) is 10.6 Å². The van der Waals surface area contributed by atoms with Crippen LogP contribution in [0.25, 0.3) is 0 Å². The minimum atomic E-state index is -4.16. The molecular weight excluding hydrogens is 295 g/mol. The highest BCUT2D eigenvalue weighted by Gasteiger charge is 2.38. The molecule has 7 heteroatoms. The van der Waals surface area contributed by atoms with Crippen molar-refractivity contribution in [1.29, 1.82) is 0 Å². The maximum absolute atomic E-state index is 12.2. The highest BCUT2D eigenvalue weighted by Crippen LogP contribution is 2.33. The van der Waals surface area contributed by atoms with Crippen LogP contribution in [-0.4, -0.2) is 55.7 Å². The normalized spacial score (nSPS) is 28.7. The van der Waals surface area contributed by atoms with E-state index in [1.165, 1.54) is 31.2 Å². The van der Waals surface area contributed by atoms with E-state index in [1.807, 2.05) is 0 Å². The number of halogens is 3. The minimum absolute atomic E-state index is 0.00660. The summed E-state index contributed by atoms with van der Waals surface area (Å²) in [7, 11) is 1.44. The number of hydrogen-bond donors (Lipinski definition) is 2. The Morgan fingerprint density at radius 2 is 2.05 bits per heavy atom. The molecule has 1 amide bonds. The second-order valence-electron chi connectivity index (χ2n) is 6.60. The smallest absolute Gasteiger partial charge is 0.355 e. The fourth-order valence-electron chi connectivity index (χ4n) is 3.59. The number of nitrogens with one attached hydrogen (secondary N) is 2. The lowest BCUT2D eigenvalue weighted by Gasteiger charge is -2.24. The lowest BCUT2D eigenvalue weighted by Crippen LogP contribution is -2.43. The first kappa shape index (κ1) is 17.5. The number of alkyl halides is 3. The van der Waals surface area contributed by atoms with E-state index < -0.39 is 12.7 Å². The third-order valence-corrected chi connectivity index (χ3v) is 4.64. The first-order chi connectivity index (χ1) is 10.3. The lowest BCUT2D eigenvalue weighted by molar-refractivity contribution is -0.143. The number of carbonyl (C=O) groups excluding carboxylic acids is 1. The van der Waals surface area contributed by atoms with Crippen LogP contribution in [0.5, 0.6) is 0 Å². The monoisotopic (exact) mass is 321 g/mol. The molecule has 0 aromatic rings. The molecule has 2 rings (SSSR count). The SMILES string of the molecule is CN(CCCNC(=O)C1CC2CCCCC2N1)CC(F)(F)F. The average molecular weight is 321 g/mol. The van der Waals surface area contributed by atoms with Crippen molar-refractivity contribution < 1.29 is 18.0 Å². The molecule has 22 heavy (non-hydrogen) atoms. The van der Waals surface area contributed by atoms with Crippen LogP contribution >= 0.6 is 0 Å². The van der Waals surface area contributed by atoms with Gasteiger partial charge in [0.15, 0.2) is 0 Å². The molecule has 128 valence electrons. The van der Waals surface area contributed by atoms with Gasteiger partial charge in [0.05, 0.1) is 12.6 Å². The maximum Gasteiger partial charge on any atom is 0.401 e. The van der Waals surface area contributed by atoms with Crippen molar-refractivity contribution in [3.63, 3.8) is 0 Å². The van der Waals surface area contributed by atoms with Crippen molar-refractivity contribution in [1.82, 2.24) is 15.5 Å². The molecule has 0 bridgehead atoms. The van der Waals surface area contributed by atoms with Gasteiger partial charge >= 0.3 is 6.18 Å². The molecule has 4 nitrogen and oxygen atoms in total. The van der Waals surface area contributed by atoms with E-state index in [0.29, 0.717) is 31.5 Å². The van der Waals surface area contributed by atoms with E-state index in [4.69, 9.17) is 0 Å². The summed E-state index contributed by atoms with van der Waals surface area (Å²) in [5.74, 6) is 0.607. The van der Waals surface area contributed by atoms with E-state index in [9.17, 15) is 18.0 Å². The maximum atomic E-state index is 12.2. The van der Waals surface area contributed by atoms with E-state index in [0.717, 1.165) is 12.8 Å². The molecule has 2 fully saturated rings.